The first-order chi connectivity index (χ1) is 12.1. The lowest BCUT2D eigenvalue weighted by Gasteiger charge is -2.11. The van der Waals surface area contributed by atoms with Gasteiger partial charge in [-0.1, -0.05) is 60.4 Å². The van der Waals surface area contributed by atoms with Gasteiger partial charge in [-0.3, -0.25) is 10.1 Å². The van der Waals surface area contributed by atoms with E-state index in [2.05, 4.69) is 26.1 Å². The molecule has 0 bridgehead atoms. The Balaban J connectivity index is 1.72. The smallest absolute Gasteiger partial charge is 0.321 e. The molecule has 0 aliphatic heterocycles. The molecule has 3 N–H and O–H groups in total. The number of nitrogens with one attached hydrogen (secondary N) is 3. The summed E-state index contributed by atoms with van der Waals surface area (Å²) in [6.45, 7) is 4.50. The summed E-state index contributed by atoms with van der Waals surface area (Å²) >= 11 is 2.63. The number of urea groups is 1. The number of aromatic nitrogens is 2. The van der Waals surface area contributed by atoms with Gasteiger partial charge in [-0.25, -0.2) is 4.79 Å². The number of rotatable bonds is 8. The Morgan fingerprint density at radius 1 is 1.24 bits per heavy atom. The van der Waals surface area contributed by atoms with Crippen molar-refractivity contribution in [1.29, 1.82) is 0 Å². The van der Waals surface area contributed by atoms with Crippen LogP contribution in [-0.2, 0) is 11.3 Å². The minimum atomic E-state index is -0.470. The summed E-state index contributed by atoms with van der Waals surface area (Å²) in [5, 5.41) is 16.9. The van der Waals surface area contributed by atoms with E-state index in [-0.39, 0.29) is 17.7 Å². The fourth-order valence-electron chi connectivity index (χ4n) is 1.77. The number of carbonyl (C=O) groups excluding carboxylic acids is 2. The second kappa shape index (κ2) is 10.00. The molecule has 2 rings (SSSR count). The van der Waals surface area contributed by atoms with E-state index in [9.17, 15) is 9.59 Å². The van der Waals surface area contributed by atoms with Crippen LogP contribution in [0.1, 0.15) is 25.8 Å². The minimum absolute atomic E-state index is 0.0295. The topological polar surface area (TPSA) is 96.0 Å². The summed E-state index contributed by atoms with van der Waals surface area (Å²) in [5.74, 6) is -0.249. The van der Waals surface area contributed by atoms with Crippen molar-refractivity contribution in [3.05, 3.63) is 35.9 Å². The van der Waals surface area contributed by atoms with E-state index in [1.807, 2.05) is 44.2 Å². The molecule has 0 aliphatic rings. The van der Waals surface area contributed by atoms with Gasteiger partial charge in [-0.05, 0) is 18.9 Å². The fourth-order valence-corrected chi connectivity index (χ4v) is 3.31. The summed E-state index contributed by atoms with van der Waals surface area (Å²) in [5.41, 5.74) is 1.15. The van der Waals surface area contributed by atoms with E-state index in [4.69, 9.17) is 0 Å². The summed E-state index contributed by atoms with van der Waals surface area (Å²) in [6, 6.07) is 9.54. The van der Waals surface area contributed by atoms with Gasteiger partial charge in [-0.2, -0.15) is 0 Å². The highest BCUT2D eigenvalue weighted by molar-refractivity contribution is 8.01. The van der Waals surface area contributed by atoms with Gasteiger partial charge in [0, 0.05) is 12.6 Å². The molecular formula is C16H21N5O2S2. The van der Waals surface area contributed by atoms with Crippen LogP contribution in [0.4, 0.5) is 9.93 Å². The van der Waals surface area contributed by atoms with E-state index in [0.717, 1.165) is 12.0 Å². The summed E-state index contributed by atoms with van der Waals surface area (Å²) in [4.78, 5) is 23.3. The number of anilines is 1. The number of benzene rings is 1. The van der Waals surface area contributed by atoms with E-state index in [0.29, 0.717) is 16.0 Å². The third kappa shape index (κ3) is 7.10. The predicted octanol–water partition coefficient (Wildman–Crippen LogP) is 2.87. The first-order valence-electron chi connectivity index (χ1n) is 7.91. The van der Waals surface area contributed by atoms with Crippen LogP contribution < -0.4 is 16.0 Å². The molecule has 1 aromatic carbocycles. The second-order valence-electron chi connectivity index (χ2n) is 5.33. The Kier molecular flexibility index (Phi) is 7.68. The number of nitrogens with zero attached hydrogens (tertiary/aromatic N) is 2. The highest BCUT2D eigenvalue weighted by Gasteiger charge is 2.12. The van der Waals surface area contributed by atoms with Crippen LogP contribution >= 0.6 is 23.1 Å². The Morgan fingerprint density at radius 2 is 2.00 bits per heavy atom. The van der Waals surface area contributed by atoms with Crippen LogP contribution in [0.3, 0.4) is 0 Å². The molecule has 0 saturated heterocycles. The van der Waals surface area contributed by atoms with Gasteiger partial charge in [0.05, 0.1) is 5.75 Å². The molecule has 1 atom stereocenters. The summed E-state index contributed by atoms with van der Waals surface area (Å²) < 4.78 is 0.674. The number of carbonyl (C=O) groups is 2. The zero-order valence-corrected chi connectivity index (χ0v) is 15.7. The lowest BCUT2D eigenvalue weighted by Crippen LogP contribution is -2.43. The van der Waals surface area contributed by atoms with Crippen LogP contribution in [0, 0.1) is 0 Å². The third-order valence-electron chi connectivity index (χ3n) is 3.26. The molecule has 0 spiro atoms. The van der Waals surface area contributed by atoms with Crippen LogP contribution in [-0.4, -0.2) is 33.9 Å². The van der Waals surface area contributed by atoms with E-state index < -0.39 is 6.03 Å². The molecule has 25 heavy (non-hydrogen) atoms. The molecule has 1 aromatic heterocycles. The number of hydrogen-bond donors (Lipinski definition) is 3. The standard InChI is InChI=1S/C16H21N5O2S2/c1-3-11(2)18-14(23)19-13(22)10-24-16-21-20-15(25-16)17-9-12-7-5-4-6-8-12/h4-8,11H,3,9-10H2,1-2H3,(H,17,20)(H2,18,19,22,23)/t11-/m0/s1. The zero-order chi connectivity index (χ0) is 18.1. The van der Waals surface area contributed by atoms with Crippen molar-refractivity contribution in [3.8, 4) is 0 Å². The normalized spacial score (nSPS) is 11.6. The maximum Gasteiger partial charge on any atom is 0.321 e. The number of hydrogen-bond acceptors (Lipinski definition) is 7. The van der Waals surface area contributed by atoms with Crippen molar-refractivity contribution in [1.82, 2.24) is 20.8 Å². The minimum Gasteiger partial charge on any atom is -0.356 e. The van der Waals surface area contributed by atoms with Crippen molar-refractivity contribution in [2.24, 2.45) is 0 Å². The van der Waals surface area contributed by atoms with E-state index in [1.54, 1.807) is 0 Å². The van der Waals surface area contributed by atoms with Crippen LogP contribution in [0.5, 0.6) is 0 Å². The second-order valence-corrected chi connectivity index (χ2v) is 7.53. The molecule has 0 fully saturated rings. The number of imide groups is 1. The number of thioether (sulfide) groups is 1. The van der Waals surface area contributed by atoms with Gasteiger partial charge in [-0.15, -0.1) is 10.2 Å². The lowest BCUT2D eigenvalue weighted by atomic mass is 10.2. The molecule has 134 valence electrons. The lowest BCUT2D eigenvalue weighted by molar-refractivity contribution is -0.117. The zero-order valence-electron chi connectivity index (χ0n) is 14.1. The van der Waals surface area contributed by atoms with E-state index >= 15 is 0 Å². The van der Waals surface area contributed by atoms with Crippen molar-refractivity contribution >= 4 is 40.2 Å². The van der Waals surface area contributed by atoms with E-state index in [1.165, 1.54) is 23.1 Å². The van der Waals surface area contributed by atoms with Gasteiger partial charge >= 0.3 is 6.03 Å². The van der Waals surface area contributed by atoms with Crippen molar-refractivity contribution in [2.45, 2.75) is 37.2 Å². The Hall–Kier alpha value is -2.13. The highest BCUT2D eigenvalue weighted by Crippen LogP contribution is 2.25. The van der Waals surface area contributed by atoms with Crippen molar-refractivity contribution < 1.29 is 9.59 Å². The molecule has 0 unspecified atom stereocenters. The maximum atomic E-state index is 11.8. The SMILES string of the molecule is CC[C@H](C)NC(=O)NC(=O)CSc1nnc(NCc2ccccc2)s1. The molecule has 1 heterocycles. The molecular weight excluding hydrogens is 358 g/mol. The average molecular weight is 380 g/mol. The molecule has 3 amide bonds. The van der Waals surface area contributed by atoms with Crippen LogP contribution in [0.25, 0.3) is 0 Å². The van der Waals surface area contributed by atoms with Crippen molar-refractivity contribution in [3.63, 3.8) is 0 Å². The summed E-state index contributed by atoms with van der Waals surface area (Å²) in [6.07, 6.45) is 0.805. The first-order valence-corrected chi connectivity index (χ1v) is 9.71. The Bertz CT molecular complexity index is 693. The van der Waals surface area contributed by atoms with Gasteiger partial charge in [0.25, 0.3) is 0 Å². The van der Waals surface area contributed by atoms with Gasteiger partial charge in [0.15, 0.2) is 4.34 Å². The average Bonchev–Trinajstić information content (AvgIpc) is 3.07. The molecule has 0 aliphatic carbocycles. The molecule has 9 heteroatoms. The van der Waals surface area contributed by atoms with Gasteiger partial charge < -0.3 is 10.6 Å². The Morgan fingerprint density at radius 3 is 2.72 bits per heavy atom. The predicted molar refractivity (Wildman–Crippen MR) is 101 cm³/mol. The highest BCUT2D eigenvalue weighted by atomic mass is 32.2. The third-order valence-corrected chi connectivity index (χ3v) is 5.28. The van der Waals surface area contributed by atoms with Crippen LogP contribution in [0.2, 0.25) is 0 Å². The Labute approximate surface area is 155 Å². The molecule has 0 radical (unpaired) electrons. The maximum absolute atomic E-state index is 11.8. The summed E-state index contributed by atoms with van der Waals surface area (Å²) in [7, 11) is 0. The molecule has 7 nitrogen and oxygen atoms in total. The monoisotopic (exact) mass is 379 g/mol. The largest absolute Gasteiger partial charge is 0.356 e. The first kappa shape index (κ1) is 19.2. The quantitative estimate of drug-likeness (QED) is 0.611. The van der Waals surface area contributed by atoms with Crippen molar-refractivity contribution in [2.75, 3.05) is 11.1 Å². The van der Waals surface area contributed by atoms with Gasteiger partial charge in [0.1, 0.15) is 0 Å². The van der Waals surface area contributed by atoms with Gasteiger partial charge in [0.2, 0.25) is 11.0 Å². The number of amides is 3. The fraction of sp³-hybridized carbons (Fsp3) is 0.375. The molecule has 0 saturated carbocycles. The van der Waals surface area contributed by atoms with Crippen LogP contribution in [0.15, 0.2) is 34.7 Å². The molecule has 2 aromatic rings.